The van der Waals surface area contributed by atoms with Crippen LogP contribution >= 0.6 is 0 Å². The van der Waals surface area contributed by atoms with Crippen molar-refractivity contribution < 1.29 is 23.6 Å². The number of anilines is 1. The van der Waals surface area contributed by atoms with E-state index in [1.807, 2.05) is 11.8 Å². The second-order valence-corrected chi connectivity index (χ2v) is 16.1. The van der Waals surface area contributed by atoms with E-state index in [2.05, 4.69) is 69.5 Å². The predicted molar refractivity (Wildman–Crippen MR) is 167 cm³/mol. The van der Waals surface area contributed by atoms with Gasteiger partial charge in [-0.05, 0) is 109 Å². The van der Waals surface area contributed by atoms with Gasteiger partial charge >= 0.3 is 7.12 Å². The standard InChI is InChI=1S/C34H50BN3O5/c1-22-8-11-28(41-22)29(39)36-16-13-34(14-17-36)26-10-9-23(35-42-32(4,5)33(6,7)43-35)18-27(26)38(30(34)40)25-19-24(20-25)37-15-12-31(2,3)21-37/h9-10,18,22,24-25,28H,8,11-17,19-21H2,1-7H3/t22-,24?,25?,28-/m1/s1. The van der Waals surface area contributed by atoms with Crippen molar-refractivity contribution >= 4 is 30.1 Å². The summed E-state index contributed by atoms with van der Waals surface area (Å²) in [5, 5.41) is 0. The van der Waals surface area contributed by atoms with Gasteiger partial charge in [-0.1, -0.05) is 26.0 Å². The van der Waals surface area contributed by atoms with Crippen LogP contribution in [-0.2, 0) is 29.0 Å². The fourth-order valence-electron chi connectivity index (χ4n) is 8.41. The molecule has 5 fully saturated rings. The monoisotopic (exact) mass is 591 g/mol. The predicted octanol–water partition coefficient (Wildman–Crippen LogP) is 4.02. The largest absolute Gasteiger partial charge is 0.494 e. The molecule has 1 spiro atoms. The van der Waals surface area contributed by atoms with E-state index in [4.69, 9.17) is 14.0 Å². The first-order valence-electron chi connectivity index (χ1n) is 16.7. The van der Waals surface area contributed by atoms with E-state index in [-0.39, 0.29) is 30.1 Å². The van der Waals surface area contributed by atoms with Gasteiger partial charge < -0.3 is 23.8 Å². The Morgan fingerprint density at radius 2 is 1.58 bits per heavy atom. The number of carbonyl (C=O) groups is 2. The van der Waals surface area contributed by atoms with E-state index in [0.29, 0.717) is 37.4 Å². The van der Waals surface area contributed by atoms with Crippen LogP contribution in [0.4, 0.5) is 5.69 Å². The van der Waals surface area contributed by atoms with Crippen LogP contribution in [0, 0.1) is 5.41 Å². The fourth-order valence-corrected chi connectivity index (χ4v) is 8.41. The molecule has 5 heterocycles. The van der Waals surface area contributed by atoms with E-state index in [0.717, 1.165) is 55.5 Å². The highest BCUT2D eigenvalue weighted by atomic mass is 16.7. The van der Waals surface area contributed by atoms with E-state index in [1.165, 1.54) is 6.42 Å². The van der Waals surface area contributed by atoms with Gasteiger partial charge in [-0.25, -0.2) is 0 Å². The van der Waals surface area contributed by atoms with Crippen LogP contribution in [0.15, 0.2) is 18.2 Å². The molecule has 0 N–H and O–H groups in total. The molecule has 1 aliphatic carbocycles. The van der Waals surface area contributed by atoms with Gasteiger partial charge in [0.05, 0.1) is 22.7 Å². The van der Waals surface area contributed by atoms with Crippen molar-refractivity contribution in [1.82, 2.24) is 9.80 Å². The normalized spacial score (nSPS) is 34.2. The summed E-state index contributed by atoms with van der Waals surface area (Å²) in [6, 6.07) is 7.16. The molecule has 1 aromatic carbocycles. The molecule has 0 bridgehead atoms. The highest BCUT2D eigenvalue weighted by Crippen LogP contribution is 2.51. The summed E-state index contributed by atoms with van der Waals surface area (Å²) in [6.07, 6.45) is 6.08. The molecule has 43 heavy (non-hydrogen) atoms. The van der Waals surface area contributed by atoms with Crippen LogP contribution in [0.2, 0.25) is 0 Å². The number of carbonyl (C=O) groups excluding carboxylic acids is 2. The Morgan fingerprint density at radius 1 is 0.907 bits per heavy atom. The summed E-state index contributed by atoms with van der Waals surface area (Å²) in [7, 11) is -0.474. The number of piperidine rings is 1. The Morgan fingerprint density at radius 3 is 2.16 bits per heavy atom. The van der Waals surface area contributed by atoms with Crippen molar-refractivity contribution in [1.29, 1.82) is 0 Å². The second-order valence-electron chi connectivity index (χ2n) is 16.1. The summed E-state index contributed by atoms with van der Waals surface area (Å²) in [6.45, 7) is 18.5. The Labute approximate surface area is 257 Å². The fraction of sp³-hybridized carbons (Fsp3) is 0.765. The van der Waals surface area contributed by atoms with Gasteiger partial charge in [-0.2, -0.15) is 0 Å². The number of hydrogen-bond donors (Lipinski definition) is 0. The number of nitrogens with zero attached hydrogens (tertiary/aromatic N) is 3. The van der Waals surface area contributed by atoms with E-state index < -0.39 is 23.7 Å². The lowest BCUT2D eigenvalue weighted by atomic mass is 9.71. The van der Waals surface area contributed by atoms with Gasteiger partial charge in [0.2, 0.25) is 5.91 Å². The Bertz CT molecular complexity index is 1280. The molecule has 4 saturated heterocycles. The van der Waals surface area contributed by atoms with Crippen molar-refractivity contribution in [3.63, 3.8) is 0 Å². The van der Waals surface area contributed by atoms with Gasteiger partial charge in [0.1, 0.15) is 6.10 Å². The number of hydrogen-bond acceptors (Lipinski definition) is 6. The molecule has 5 aliphatic heterocycles. The summed E-state index contributed by atoms with van der Waals surface area (Å²) < 4.78 is 18.7. The van der Waals surface area contributed by atoms with Gasteiger partial charge in [-0.3, -0.25) is 14.5 Å². The van der Waals surface area contributed by atoms with E-state index in [9.17, 15) is 9.59 Å². The molecule has 8 nitrogen and oxygen atoms in total. The zero-order valence-electron chi connectivity index (χ0n) is 27.3. The molecule has 0 unspecified atom stereocenters. The van der Waals surface area contributed by atoms with Gasteiger partial charge in [0.15, 0.2) is 0 Å². The number of fused-ring (bicyclic) bond motifs is 2. The third kappa shape index (κ3) is 4.79. The highest BCUT2D eigenvalue weighted by Gasteiger charge is 2.57. The third-order valence-electron chi connectivity index (χ3n) is 12.1. The Hall–Kier alpha value is -1.94. The first-order chi connectivity index (χ1) is 20.2. The zero-order valence-corrected chi connectivity index (χ0v) is 27.3. The van der Waals surface area contributed by atoms with Crippen LogP contribution in [0.5, 0.6) is 0 Å². The maximum absolute atomic E-state index is 14.6. The van der Waals surface area contributed by atoms with Crippen molar-refractivity contribution in [2.24, 2.45) is 5.41 Å². The van der Waals surface area contributed by atoms with E-state index in [1.54, 1.807) is 0 Å². The maximum atomic E-state index is 14.6. The molecule has 234 valence electrons. The van der Waals surface area contributed by atoms with Crippen LogP contribution < -0.4 is 10.4 Å². The molecular formula is C34H50BN3O5. The SMILES string of the molecule is C[C@@H]1CC[C@H](C(=O)N2CCC3(CC2)C(=O)N(C2CC(N4CCC(C)(C)C4)C2)c2cc(B4OC(C)(C)C(C)(C)O4)ccc23)O1. The number of rotatable bonds is 4. The maximum Gasteiger partial charge on any atom is 0.494 e. The van der Waals surface area contributed by atoms with Gasteiger partial charge in [0.25, 0.3) is 5.91 Å². The molecule has 0 aromatic heterocycles. The molecule has 7 rings (SSSR count). The Kier molecular flexibility index (Phi) is 6.94. The minimum atomic E-state index is -0.592. The van der Waals surface area contributed by atoms with Crippen molar-refractivity contribution in [3.8, 4) is 0 Å². The second kappa shape index (κ2) is 10.0. The lowest BCUT2D eigenvalue weighted by molar-refractivity contribution is -0.145. The molecule has 2 amide bonds. The summed E-state index contributed by atoms with van der Waals surface area (Å²) in [5.41, 5.74) is 2.01. The highest BCUT2D eigenvalue weighted by molar-refractivity contribution is 6.62. The van der Waals surface area contributed by atoms with Crippen molar-refractivity contribution in [3.05, 3.63) is 23.8 Å². The first kappa shape index (κ1) is 29.8. The van der Waals surface area contributed by atoms with Crippen LogP contribution in [0.25, 0.3) is 0 Å². The average molecular weight is 592 g/mol. The number of ether oxygens (including phenoxy) is 1. The average Bonchev–Trinajstić information content (AvgIpc) is 3.63. The van der Waals surface area contributed by atoms with Gasteiger partial charge in [0, 0.05) is 37.4 Å². The molecule has 1 saturated carbocycles. The quantitative estimate of drug-likeness (QED) is 0.493. The molecule has 0 radical (unpaired) electrons. The van der Waals surface area contributed by atoms with Crippen molar-refractivity contribution in [2.45, 2.75) is 134 Å². The lowest BCUT2D eigenvalue weighted by Crippen LogP contribution is -2.58. The van der Waals surface area contributed by atoms with Gasteiger partial charge in [-0.15, -0.1) is 0 Å². The third-order valence-corrected chi connectivity index (χ3v) is 12.1. The molecule has 2 atom stereocenters. The minimum Gasteiger partial charge on any atom is -0.399 e. The topological polar surface area (TPSA) is 71.6 Å². The smallest absolute Gasteiger partial charge is 0.399 e. The number of likely N-dealkylation sites (tertiary alicyclic amines) is 2. The minimum absolute atomic E-state index is 0.0909. The summed E-state index contributed by atoms with van der Waals surface area (Å²) in [5.74, 6) is 0.310. The molecule has 6 aliphatic rings. The van der Waals surface area contributed by atoms with Crippen LogP contribution in [0.1, 0.15) is 99.0 Å². The van der Waals surface area contributed by atoms with Crippen molar-refractivity contribution in [2.75, 3.05) is 31.1 Å². The summed E-state index contributed by atoms with van der Waals surface area (Å²) in [4.78, 5) is 34.6. The molecular weight excluding hydrogens is 541 g/mol. The van der Waals surface area contributed by atoms with Crippen LogP contribution in [-0.4, -0.2) is 90.4 Å². The number of benzene rings is 1. The Balaban J connectivity index is 1.15. The zero-order chi connectivity index (χ0) is 30.5. The first-order valence-corrected chi connectivity index (χ1v) is 16.7. The number of amides is 2. The molecule has 1 aromatic rings. The van der Waals surface area contributed by atoms with E-state index >= 15 is 0 Å². The molecule has 9 heteroatoms. The van der Waals surface area contributed by atoms with Crippen LogP contribution in [0.3, 0.4) is 0 Å². The summed E-state index contributed by atoms with van der Waals surface area (Å²) >= 11 is 0. The lowest BCUT2D eigenvalue weighted by Gasteiger charge is -2.46.